The van der Waals surface area contributed by atoms with Gasteiger partial charge in [0, 0.05) is 11.1 Å². The lowest BCUT2D eigenvalue weighted by molar-refractivity contribution is -0.122. The topological polar surface area (TPSA) is 89.3 Å². The van der Waals surface area contributed by atoms with Crippen LogP contribution in [0.25, 0.3) is 0 Å². The molecule has 0 unspecified atom stereocenters. The second-order valence-corrected chi connectivity index (χ2v) is 5.75. The highest BCUT2D eigenvalue weighted by Gasteiger charge is 2.25. The van der Waals surface area contributed by atoms with Crippen molar-refractivity contribution in [2.75, 3.05) is 13.2 Å². The fraction of sp³-hybridized carbons (Fsp3) is 0.294. The first-order chi connectivity index (χ1) is 11.6. The van der Waals surface area contributed by atoms with Crippen LogP contribution in [0.2, 0.25) is 0 Å². The van der Waals surface area contributed by atoms with Crippen molar-refractivity contribution in [3.8, 4) is 11.8 Å². The van der Waals surface area contributed by atoms with E-state index in [4.69, 9.17) is 9.47 Å². The zero-order valence-corrected chi connectivity index (χ0v) is 14.1. The smallest absolute Gasteiger partial charge is 0.342 e. The molecule has 1 aromatic heterocycles. The second-order valence-electron chi connectivity index (χ2n) is 4.86. The summed E-state index contributed by atoms with van der Waals surface area (Å²) in [5.74, 6) is -1.81. The van der Waals surface area contributed by atoms with Gasteiger partial charge in [0.25, 0.3) is 0 Å². The molecule has 0 aliphatic carbocycles. The molecule has 6 nitrogen and oxygen atoms in total. The fourth-order valence-corrected chi connectivity index (χ4v) is 2.85. The number of nitriles is 1. The van der Waals surface area contributed by atoms with Gasteiger partial charge in [-0.1, -0.05) is 12.1 Å². The summed E-state index contributed by atoms with van der Waals surface area (Å²) in [5, 5.41) is 11.4. The molecule has 24 heavy (non-hydrogen) atoms. The number of ether oxygens (including phenoxy) is 2. The number of para-hydroxylation sites is 1. The maximum absolute atomic E-state index is 12.2. The van der Waals surface area contributed by atoms with Gasteiger partial charge in [-0.25, -0.2) is 9.78 Å². The Balaban J connectivity index is 2.03. The molecule has 0 fully saturated rings. The molecule has 0 radical (unpaired) electrons. The van der Waals surface area contributed by atoms with Crippen LogP contribution in [0.3, 0.4) is 0 Å². The van der Waals surface area contributed by atoms with E-state index in [1.54, 1.807) is 43.5 Å². The first kappa shape index (κ1) is 17.6. The van der Waals surface area contributed by atoms with Crippen molar-refractivity contribution in [1.29, 1.82) is 5.26 Å². The monoisotopic (exact) mass is 344 g/mol. The lowest BCUT2D eigenvalue weighted by Crippen LogP contribution is -2.20. The number of hydrogen-bond donors (Lipinski definition) is 0. The van der Waals surface area contributed by atoms with Crippen LogP contribution in [0.15, 0.2) is 29.6 Å². The molecule has 1 atom stereocenters. The Labute approximate surface area is 143 Å². The summed E-state index contributed by atoms with van der Waals surface area (Å²) < 4.78 is 10.4. The average molecular weight is 344 g/mol. The van der Waals surface area contributed by atoms with E-state index >= 15 is 0 Å². The number of ketones is 1. The van der Waals surface area contributed by atoms with Crippen LogP contribution in [0.1, 0.15) is 33.9 Å². The van der Waals surface area contributed by atoms with E-state index in [9.17, 15) is 14.9 Å². The quantitative estimate of drug-likeness (QED) is 0.718. The van der Waals surface area contributed by atoms with Gasteiger partial charge in [0.05, 0.1) is 12.7 Å². The number of nitrogens with zero attached hydrogens (tertiary/aromatic N) is 2. The number of aryl methyl sites for hydroxylation is 1. The molecule has 0 amide bonds. The molecule has 0 aliphatic rings. The van der Waals surface area contributed by atoms with E-state index in [2.05, 4.69) is 4.98 Å². The Morgan fingerprint density at radius 1 is 1.38 bits per heavy atom. The number of Topliss-reactive ketones (excluding diaryl/α,β-unsaturated/α-hetero) is 1. The number of aromatic nitrogens is 1. The number of carbonyl (C=O) groups is 2. The minimum absolute atomic E-state index is 0.241. The van der Waals surface area contributed by atoms with Crippen LogP contribution in [-0.2, 0) is 9.53 Å². The van der Waals surface area contributed by atoms with E-state index in [0.717, 1.165) is 5.69 Å². The Hall–Kier alpha value is -2.72. The van der Waals surface area contributed by atoms with Crippen LogP contribution in [0.5, 0.6) is 5.75 Å². The number of thiazole rings is 1. The van der Waals surface area contributed by atoms with E-state index in [-0.39, 0.29) is 5.56 Å². The molecule has 0 bridgehead atoms. The molecule has 2 rings (SSSR count). The highest BCUT2D eigenvalue weighted by molar-refractivity contribution is 7.09. The molecular formula is C17H16N2O4S. The van der Waals surface area contributed by atoms with Gasteiger partial charge in [0.1, 0.15) is 16.3 Å². The molecular weight excluding hydrogens is 328 g/mol. The lowest BCUT2D eigenvalue weighted by atomic mass is 10.1. The van der Waals surface area contributed by atoms with Crippen molar-refractivity contribution in [1.82, 2.24) is 4.98 Å². The second kappa shape index (κ2) is 8.22. The van der Waals surface area contributed by atoms with Gasteiger partial charge in [0.2, 0.25) is 0 Å². The predicted molar refractivity (Wildman–Crippen MR) is 88.1 cm³/mol. The number of esters is 1. The zero-order chi connectivity index (χ0) is 17.5. The Bertz CT molecular complexity index is 779. The van der Waals surface area contributed by atoms with Crippen LogP contribution >= 0.6 is 11.3 Å². The Morgan fingerprint density at radius 3 is 2.75 bits per heavy atom. The summed E-state index contributed by atoms with van der Waals surface area (Å²) in [5.41, 5.74) is 0.983. The van der Waals surface area contributed by atoms with Gasteiger partial charge in [0.15, 0.2) is 18.3 Å². The van der Waals surface area contributed by atoms with Crippen molar-refractivity contribution in [3.63, 3.8) is 0 Å². The van der Waals surface area contributed by atoms with Gasteiger partial charge in [-0.15, -0.1) is 11.3 Å². The molecule has 2 aromatic rings. The number of carbonyl (C=O) groups excluding carboxylic acids is 2. The van der Waals surface area contributed by atoms with E-state index in [1.807, 2.05) is 6.07 Å². The van der Waals surface area contributed by atoms with Crippen molar-refractivity contribution < 1.29 is 19.1 Å². The summed E-state index contributed by atoms with van der Waals surface area (Å²) in [6.07, 6.45) is 0. The van der Waals surface area contributed by atoms with Crippen LogP contribution in [-0.4, -0.2) is 30.0 Å². The zero-order valence-electron chi connectivity index (χ0n) is 13.3. The first-order valence-corrected chi connectivity index (χ1v) is 8.18. The third-order valence-corrected chi connectivity index (χ3v) is 4.11. The largest absolute Gasteiger partial charge is 0.493 e. The molecule has 124 valence electrons. The normalized spacial score (nSPS) is 11.4. The maximum atomic E-state index is 12.2. The summed E-state index contributed by atoms with van der Waals surface area (Å²) in [4.78, 5) is 28.5. The third kappa shape index (κ3) is 4.18. The molecule has 0 aliphatic heterocycles. The van der Waals surface area contributed by atoms with E-state index in [1.165, 1.54) is 11.3 Å². The minimum Gasteiger partial charge on any atom is -0.493 e. The molecule has 0 saturated carbocycles. The number of hydrogen-bond acceptors (Lipinski definition) is 7. The number of benzene rings is 1. The highest BCUT2D eigenvalue weighted by Crippen LogP contribution is 2.22. The average Bonchev–Trinajstić information content (AvgIpc) is 3.00. The summed E-state index contributed by atoms with van der Waals surface area (Å²) in [7, 11) is 0. The Kier molecular flexibility index (Phi) is 6.04. The fourth-order valence-electron chi connectivity index (χ4n) is 1.98. The van der Waals surface area contributed by atoms with Crippen molar-refractivity contribution in [3.05, 3.63) is 45.9 Å². The molecule has 1 aromatic carbocycles. The maximum Gasteiger partial charge on any atom is 0.342 e. The molecule has 0 saturated heterocycles. The predicted octanol–water partition coefficient (Wildman–Crippen LogP) is 2.88. The molecule has 0 spiro atoms. The van der Waals surface area contributed by atoms with Crippen molar-refractivity contribution >= 4 is 23.1 Å². The van der Waals surface area contributed by atoms with Crippen molar-refractivity contribution in [2.24, 2.45) is 0 Å². The third-order valence-electron chi connectivity index (χ3n) is 3.09. The standard InChI is InChI=1S/C17H16N2O4S/c1-3-22-15-7-5-4-6-12(15)17(21)23-9-14(20)13(8-18)16-19-11(2)10-24-16/h4-7,10,13H,3,9H2,1-2H3/t13-/m1/s1. The Morgan fingerprint density at radius 2 is 2.12 bits per heavy atom. The van der Waals surface area contributed by atoms with E-state index < -0.39 is 24.3 Å². The minimum atomic E-state index is -1.03. The lowest BCUT2D eigenvalue weighted by Gasteiger charge is -2.10. The van der Waals surface area contributed by atoms with Gasteiger partial charge in [-0.05, 0) is 26.0 Å². The van der Waals surface area contributed by atoms with Gasteiger partial charge in [-0.2, -0.15) is 5.26 Å². The number of rotatable bonds is 7. The van der Waals surface area contributed by atoms with E-state index in [0.29, 0.717) is 17.4 Å². The van der Waals surface area contributed by atoms with Crippen LogP contribution in [0, 0.1) is 18.3 Å². The summed E-state index contributed by atoms with van der Waals surface area (Å²) in [6.45, 7) is 3.50. The van der Waals surface area contributed by atoms with Gasteiger partial charge >= 0.3 is 5.97 Å². The van der Waals surface area contributed by atoms with Crippen molar-refractivity contribution in [2.45, 2.75) is 19.8 Å². The van der Waals surface area contributed by atoms with Crippen LogP contribution in [0.4, 0.5) is 0 Å². The molecule has 1 heterocycles. The molecule has 7 heteroatoms. The first-order valence-electron chi connectivity index (χ1n) is 7.30. The van der Waals surface area contributed by atoms with Gasteiger partial charge in [-0.3, -0.25) is 4.79 Å². The molecule has 0 N–H and O–H groups in total. The SMILES string of the molecule is CCOc1ccccc1C(=O)OCC(=O)[C@@H](C#N)c1nc(C)cs1. The summed E-state index contributed by atoms with van der Waals surface area (Å²) >= 11 is 1.24. The summed E-state index contributed by atoms with van der Waals surface area (Å²) in [6, 6.07) is 8.54. The van der Waals surface area contributed by atoms with Crippen LogP contribution < -0.4 is 4.74 Å². The van der Waals surface area contributed by atoms with Gasteiger partial charge < -0.3 is 9.47 Å². The highest BCUT2D eigenvalue weighted by atomic mass is 32.1.